The zero-order valence-electron chi connectivity index (χ0n) is 11.6. The minimum atomic E-state index is -0.728. The van der Waals surface area contributed by atoms with Gasteiger partial charge in [-0.15, -0.1) is 0 Å². The molecule has 1 saturated heterocycles. The van der Waals surface area contributed by atoms with E-state index in [2.05, 4.69) is 10.1 Å². The van der Waals surface area contributed by atoms with E-state index in [1.165, 1.54) is 6.07 Å². The molecule has 0 amide bonds. The van der Waals surface area contributed by atoms with Gasteiger partial charge in [0.25, 0.3) is 5.69 Å². The normalized spacial score (nSPS) is 18.6. The van der Waals surface area contributed by atoms with E-state index in [1.807, 2.05) is 4.90 Å². The Labute approximate surface area is 120 Å². The second-order valence-corrected chi connectivity index (χ2v) is 5.29. The summed E-state index contributed by atoms with van der Waals surface area (Å²) < 4.78 is 0. The highest BCUT2D eigenvalue weighted by atomic mass is 16.6. The maximum Gasteiger partial charge on any atom is 0.288 e. The minimum absolute atomic E-state index is 0.202. The SMILES string of the molecule is CC1(O)CCN(c2ncc([N+](=O)[O-])cc2C(N)=NO)CC1. The number of piperidine rings is 1. The van der Waals surface area contributed by atoms with Crippen molar-refractivity contribution in [2.75, 3.05) is 18.0 Å². The van der Waals surface area contributed by atoms with Crippen LogP contribution in [0.25, 0.3) is 0 Å². The molecule has 1 aliphatic rings. The average Bonchev–Trinajstić information content (AvgIpc) is 2.46. The number of amidine groups is 1. The summed E-state index contributed by atoms with van der Waals surface area (Å²) >= 11 is 0. The first-order chi connectivity index (χ1) is 9.84. The van der Waals surface area contributed by atoms with Gasteiger partial charge in [0.1, 0.15) is 12.0 Å². The lowest BCUT2D eigenvalue weighted by atomic mass is 9.93. The molecule has 1 aromatic heterocycles. The van der Waals surface area contributed by atoms with Gasteiger partial charge < -0.3 is 20.9 Å². The maximum atomic E-state index is 10.8. The molecule has 0 unspecified atom stereocenters. The average molecular weight is 295 g/mol. The van der Waals surface area contributed by atoms with Crippen LogP contribution in [0.2, 0.25) is 0 Å². The summed E-state index contributed by atoms with van der Waals surface area (Å²) in [5.41, 5.74) is 4.83. The molecule has 1 fully saturated rings. The lowest BCUT2D eigenvalue weighted by molar-refractivity contribution is -0.385. The summed E-state index contributed by atoms with van der Waals surface area (Å²) in [5, 5.41) is 32.5. The second kappa shape index (κ2) is 5.52. The quantitative estimate of drug-likeness (QED) is 0.242. The lowest BCUT2D eigenvalue weighted by Crippen LogP contribution is -2.43. The van der Waals surface area contributed by atoms with Gasteiger partial charge in [-0.1, -0.05) is 5.16 Å². The molecule has 0 radical (unpaired) electrons. The van der Waals surface area contributed by atoms with E-state index >= 15 is 0 Å². The number of anilines is 1. The molecule has 0 spiro atoms. The number of nitrogens with zero attached hydrogens (tertiary/aromatic N) is 4. The van der Waals surface area contributed by atoms with Crippen molar-refractivity contribution in [3.05, 3.63) is 27.9 Å². The monoisotopic (exact) mass is 295 g/mol. The number of hydrogen-bond donors (Lipinski definition) is 3. The molecule has 0 aromatic carbocycles. The fourth-order valence-electron chi connectivity index (χ4n) is 2.24. The van der Waals surface area contributed by atoms with Gasteiger partial charge in [-0.05, 0) is 19.8 Å². The van der Waals surface area contributed by atoms with E-state index in [9.17, 15) is 15.2 Å². The third kappa shape index (κ3) is 3.19. The second-order valence-electron chi connectivity index (χ2n) is 5.29. The summed E-state index contributed by atoms with van der Waals surface area (Å²) in [6.07, 6.45) is 2.22. The molecule has 0 saturated carbocycles. The molecule has 9 nitrogen and oxygen atoms in total. The Bertz CT molecular complexity index is 577. The van der Waals surface area contributed by atoms with E-state index in [1.54, 1.807) is 6.92 Å². The summed E-state index contributed by atoms with van der Waals surface area (Å²) in [6.45, 7) is 2.82. The van der Waals surface area contributed by atoms with Crippen molar-refractivity contribution in [1.82, 2.24) is 4.98 Å². The molecular weight excluding hydrogens is 278 g/mol. The fourth-order valence-corrected chi connectivity index (χ4v) is 2.24. The molecule has 2 rings (SSSR count). The van der Waals surface area contributed by atoms with Gasteiger partial charge in [0, 0.05) is 19.2 Å². The maximum absolute atomic E-state index is 10.8. The predicted octanol–water partition coefficient (Wildman–Crippen LogP) is 0.435. The van der Waals surface area contributed by atoms with Crippen molar-refractivity contribution in [3.63, 3.8) is 0 Å². The van der Waals surface area contributed by atoms with Crippen molar-refractivity contribution in [3.8, 4) is 0 Å². The van der Waals surface area contributed by atoms with E-state index in [4.69, 9.17) is 10.9 Å². The van der Waals surface area contributed by atoms with Crippen LogP contribution in [0.4, 0.5) is 11.5 Å². The Balaban J connectivity index is 2.37. The van der Waals surface area contributed by atoms with Gasteiger partial charge in [0.05, 0.1) is 16.1 Å². The van der Waals surface area contributed by atoms with Crippen molar-refractivity contribution in [2.24, 2.45) is 10.9 Å². The Hall–Kier alpha value is -2.42. The fraction of sp³-hybridized carbons (Fsp3) is 0.500. The number of rotatable bonds is 3. The first kappa shape index (κ1) is 15.0. The van der Waals surface area contributed by atoms with Crippen LogP contribution in [0.15, 0.2) is 17.4 Å². The summed E-state index contributed by atoms with van der Waals surface area (Å²) in [5.74, 6) is 0.171. The number of nitrogens with two attached hydrogens (primary N) is 1. The Kier molecular flexibility index (Phi) is 3.94. The number of aliphatic hydroxyl groups is 1. The first-order valence-electron chi connectivity index (χ1n) is 6.44. The summed E-state index contributed by atoms with van der Waals surface area (Å²) in [4.78, 5) is 16.1. The third-order valence-corrected chi connectivity index (χ3v) is 3.59. The van der Waals surface area contributed by atoms with Crippen molar-refractivity contribution < 1.29 is 15.2 Å². The van der Waals surface area contributed by atoms with E-state index in [0.717, 1.165) is 6.20 Å². The molecule has 0 bridgehead atoms. The molecule has 21 heavy (non-hydrogen) atoms. The standard InChI is InChI=1S/C12H17N5O4/c1-12(18)2-4-16(5-3-12)11-9(10(13)15-19)6-8(7-14-11)17(20)21/h6-7,18-19H,2-5H2,1H3,(H2,13,15). The number of oxime groups is 1. The molecule has 1 aliphatic heterocycles. The molecule has 1 aromatic rings. The number of aromatic nitrogens is 1. The van der Waals surface area contributed by atoms with Crippen molar-refractivity contribution >= 4 is 17.3 Å². The van der Waals surface area contributed by atoms with Crippen LogP contribution < -0.4 is 10.6 Å². The zero-order chi connectivity index (χ0) is 15.6. The Morgan fingerprint density at radius 1 is 1.57 bits per heavy atom. The van der Waals surface area contributed by atoms with Crippen LogP contribution in [-0.4, -0.2) is 44.7 Å². The predicted molar refractivity (Wildman–Crippen MR) is 75.5 cm³/mol. The largest absolute Gasteiger partial charge is 0.409 e. The molecule has 2 heterocycles. The third-order valence-electron chi connectivity index (χ3n) is 3.59. The lowest BCUT2D eigenvalue weighted by Gasteiger charge is -2.37. The van der Waals surface area contributed by atoms with E-state index in [-0.39, 0.29) is 17.1 Å². The molecule has 4 N–H and O–H groups in total. The van der Waals surface area contributed by atoms with Gasteiger partial charge in [-0.3, -0.25) is 10.1 Å². The molecule has 0 aliphatic carbocycles. The zero-order valence-corrected chi connectivity index (χ0v) is 11.6. The van der Waals surface area contributed by atoms with Crippen LogP contribution >= 0.6 is 0 Å². The van der Waals surface area contributed by atoms with Gasteiger partial charge >= 0.3 is 0 Å². The van der Waals surface area contributed by atoms with Crippen LogP contribution in [0.1, 0.15) is 25.3 Å². The molecule has 9 heteroatoms. The van der Waals surface area contributed by atoms with Crippen LogP contribution in [0.3, 0.4) is 0 Å². The molecular formula is C12H17N5O4. The number of pyridine rings is 1. The smallest absolute Gasteiger partial charge is 0.288 e. The van der Waals surface area contributed by atoms with Crippen LogP contribution in [0, 0.1) is 10.1 Å². The van der Waals surface area contributed by atoms with Gasteiger partial charge in [-0.2, -0.15) is 0 Å². The number of hydrogen-bond acceptors (Lipinski definition) is 7. The Morgan fingerprint density at radius 3 is 2.71 bits per heavy atom. The Morgan fingerprint density at radius 2 is 2.19 bits per heavy atom. The topological polar surface area (TPSA) is 138 Å². The minimum Gasteiger partial charge on any atom is -0.409 e. The van der Waals surface area contributed by atoms with Gasteiger partial charge in [-0.25, -0.2) is 4.98 Å². The van der Waals surface area contributed by atoms with E-state index in [0.29, 0.717) is 31.7 Å². The summed E-state index contributed by atoms with van der Waals surface area (Å²) in [6, 6.07) is 1.23. The summed E-state index contributed by atoms with van der Waals surface area (Å²) in [7, 11) is 0. The highest BCUT2D eigenvalue weighted by Gasteiger charge is 2.30. The van der Waals surface area contributed by atoms with Crippen LogP contribution in [-0.2, 0) is 0 Å². The van der Waals surface area contributed by atoms with Gasteiger partial charge in [0.15, 0.2) is 5.84 Å². The first-order valence-corrected chi connectivity index (χ1v) is 6.44. The molecule has 0 atom stereocenters. The van der Waals surface area contributed by atoms with Crippen molar-refractivity contribution in [2.45, 2.75) is 25.4 Å². The highest BCUT2D eigenvalue weighted by molar-refractivity contribution is 6.02. The van der Waals surface area contributed by atoms with E-state index < -0.39 is 10.5 Å². The number of nitro groups is 1. The van der Waals surface area contributed by atoms with Gasteiger partial charge in [0.2, 0.25) is 0 Å². The van der Waals surface area contributed by atoms with Crippen LogP contribution in [0.5, 0.6) is 0 Å². The molecule has 114 valence electrons. The van der Waals surface area contributed by atoms with Crippen molar-refractivity contribution in [1.29, 1.82) is 0 Å². The highest BCUT2D eigenvalue weighted by Crippen LogP contribution is 2.28.